The topological polar surface area (TPSA) is 59.8 Å². The van der Waals surface area contributed by atoms with Crippen LogP contribution in [0.5, 0.6) is 0 Å². The van der Waals surface area contributed by atoms with E-state index in [1.807, 2.05) is 4.90 Å². The van der Waals surface area contributed by atoms with Gasteiger partial charge in [0, 0.05) is 12.6 Å². The number of amides is 1. The third-order valence-corrected chi connectivity index (χ3v) is 5.32. The van der Waals surface area contributed by atoms with Crippen molar-refractivity contribution < 1.29 is 18.7 Å². The number of hydrogen-bond acceptors (Lipinski definition) is 4. The molecule has 2 fully saturated rings. The van der Waals surface area contributed by atoms with Gasteiger partial charge in [-0.05, 0) is 50.0 Å². The summed E-state index contributed by atoms with van der Waals surface area (Å²) in [4.78, 5) is 26.7. The lowest BCUT2D eigenvalue weighted by Crippen LogP contribution is -2.39. The van der Waals surface area contributed by atoms with Crippen molar-refractivity contribution in [3.63, 3.8) is 0 Å². The lowest BCUT2D eigenvalue weighted by atomic mass is 9.65. The molecule has 1 saturated heterocycles. The predicted molar refractivity (Wildman–Crippen MR) is 89.7 cm³/mol. The van der Waals surface area contributed by atoms with E-state index in [1.165, 1.54) is 0 Å². The monoisotopic (exact) mass is 333 g/mol. The van der Waals surface area contributed by atoms with Crippen LogP contribution in [0.3, 0.4) is 0 Å². The summed E-state index contributed by atoms with van der Waals surface area (Å²) < 4.78 is 10.6. The van der Waals surface area contributed by atoms with Crippen LogP contribution in [-0.4, -0.2) is 36.0 Å². The standard InChI is InChI=1S/C19H27NO4/c1-12-6-15(13(2)24-12)17(22)23-9-16(21)20-11-19(5)8-14(20)7-18(3,4)10-19/h6,14H,7-11H2,1-5H3/t14-,19+/m1/s1. The molecule has 3 rings (SSSR count). The number of esters is 1. The van der Waals surface area contributed by atoms with E-state index in [9.17, 15) is 9.59 Å². The smallest absolute Gasteiger partial charge is 0.342 e. The van der Waals surface area contributed by atoms with Crippen molar-refractivity contribution in [3.8, 4) is 0 Å². The lowest BCUT2D eigenvalue weighted by Gasteiger charge is -2.39. The molecule has 2 heterocycles. The number of likely N-dealkylation sites (tertiary alicyclic amines) is 1. The molecule has 0 N–H and O–H groups in total. The normalized spacial score (nSPS) is 28.0. The van der Waals surface area contributed by atoms with Gasteiger partial charge in [-0.25, -0.2) is 4.79 Å². The number of furan rings is 1. The number of hydrogen-bond donors (Lipinski definition) is 0. The molecule has 5 heteroatoms. The molecule has 1 aliphatic carbocycles. The number of rotatable bonds is 3. The van der Waals surface area contributed by atoms with Crippen molar-refractivity contribution in [3.05, 3.63) is 23.2 Å². The molecule has 5 nitrogen and oxygen atoms in total. The molecule has 2 aliphatic rings. The van der Waals surface area contributed by atoms with E-state index >= 15 is 0 Å². The molecule has 0 radical (unpaired) electrons. The van der Waals surface area contributed by atoms with Crippen molar-refractivity contribution >= 4 is 11.9 Å². The van der Waals surface area contributed by atoms with Crippen LogP contribution in [0, 0.1) is 24.7 Å². The summed E-state index contributed by atoms with van der Waals surface area (Å²) in [7, 11) is 0. The Morgan fingerprint density at radius 2 is 2.00 bits per heavy atom. The quantitative estimate of drug-likeness (QED) is 0.795. The highest BCUT2D eigenvalue weighted by molar-refractivity contribution is 5.92. The van der Waals surface area contributed by atoms with Crippen LogP contribution in [0.15, 0.2) is 10.5 Å². The van der Waals surface area contributed by atoms with Gasteiger partial charge in [-0.3, -0.25) is 4.79 Å². The van der Waals surface area contributed by atoms with Crippen LogP contribution in [0.25, 0.3) is 0 Å². The molecule has 0 spiro atoms. The summed E-state index contributed by atoms with van der Waals surface area (Å²) >= 11 is 0. The van der Waals surface area contributed by atoms with Crippen molar-refractivity contribution in [1.82, 2.24) is 4.90 Å². The molecular formula is C19H27NO4. The summed E-state index contributed by atoms with van der Waals surface area (Å²) in [6.07, 6.45) is 3.20. The third kappa shape index (κ3) is 3.21. The number of fused-ring (bicyclic) bond motifs is 2. The Morgan fingerprint density at radius 1 is 1.29 bits per heavy atom. The van der Waals surface area contributed by atoms with Crippen molar-refractivity contribution in [2.45, 2.75) is 59.9 Å². The Balaban J connectivity index is 1.62. The van der Waals surface area contributed by atoms with Gasteiger partial charge in [0.05, 0.1) is 0 Å². The summed E-state index contributed by atoms with van der Waals surface area (Å²) in [5.74, 6) is 0.601. The minimum Gasteiger partial charge on any atom is -0.466 e. The number of carbonyl (C=O) groups is 2. The molecule has 1 saturated carbocycles. The molecule has 132 valence electrons. The average Bonchev–Trinajstić information content (AvgIpc) is 2.90. The SMILES string of the molecule is Cc1cc(C(=O)OCC(=O)N2C[C@@]3(C)C[C@H]2CC(C)(C)C3)c(C)o1. The van der Waals surface area contributed by atoms with E-state index in [4.69, 9.17) is 9.15 Å². The highest BCUT2D eigenvalue weighted by Crippen LogP contribution is 2.52. The highest BCUT2D eigenvalue weighted by Gasteiger charge is 2.50. The van der Waals surface area contributed by atoms with Gasteiger partial charge in [-0.2, -0.15) is 0 Å². The zero-order valence-electron chi connectivity index (χ0n) is 15.3. The molecule has 1 aromatic heterocycles. The van der Waals surface area contributed by atoms with E-state index in [1.54, 1.807) is 19.9 Å². The van der Waals surface area contributed by atoms with Crippen LogP contribution in [0.1, 0.15) is 61.9 Å². The van der Waals surface area contributed by atoms with Gasteiger partial charge in [0.25, 0.3) is 5.91 Å². The molecule has 0 unspecified atom stereocenters. The maximum atomic E-state index is 12.6. The fourth-order valence-corrected chi connectivity index (χ4v) is 4.87. The van der Waals surface area contributed by atoms with Crippen LogP contribution in [0.4, 0.5) is 0 Å². The Kier molecular flexibility index (Phi) is 4.01. The fraction of sp³-hybridized carbons (Fsp3) is 0.684. The number of nitrogens with zero attached hydrogens (tertiary/aromatic N) is 1. The van der Waals surface area contributed by atoms with Gasteiger partial charge in [-0.15, -0.1) is 0 Å². The van der Waals surface area contributed by atoms with Gasteiger partial charge in [-0.1, -0.05) is 20.8 Å². The molecule has 0 aromatic carbocycles. The second-order valence-corrected chi connectivity index (χ2v) is 8.64. The van der Waals surface area contributed by atoms with Crippen LogP contribution in [0.2, 0.25) is 0 Å². The Morgan fingerprint density at radius 3 is 2.62 bits per heavy atom. The first-order valence-corrected chi connectivity index (χ1v) is 8.62. The van der Waals surface area contributed by atoms with Gasteiger partial charge in [0.15, 0.2) is 6.61 Å². The zero-order valence-corrected chi connectivity index (χ0v) is 15.3. The highest BCUT2D eigenvalue weighted by atomic mass is 16.5. The Labute approximate surface area is 143 Å². The molecule has 1 aliphatic heterocycles. The van der Waals surface area contributed by atoms with Crippen LogP contribution in [-0.2, 0) is 9.53 Å². The second-order valence-electron chi connectivity index (χ2n) is 8.64. The first-order valence-electron chi connectivity index (χ1n) is 8.62. The third-order valence-electron chi connectivity index (χ3n) is 5.32. The van der Waals surface area contributed by atoms with Crippen molar-refractivity contribution in [2.75, 3.05) is 13.2 Å². The maximum absolute atomic E-state index is 12.6. The van der Waals surface area contributed by atoms with Gasteiger partial charge < -0.3 is 14.1 Å². The Hall–Kier alpha value is -1.78. The lowest BCUT2D eigenvalue weighted by molar-refractivity contribution is -0.135. The maximum Gasteiger partial charge on any atom is 0.342 e. The molecule has 2 bridgehead atoms. The van der Waals surface area contributed by atoms with Gasteiger partial charge in [0.1, 0.15) is 17.1 Å². The number of carbonyl (C=O) groups excluding carboxylic acids is 2. The summed E-state index contributed by atoms with van der Waals surface area (Å²) in [6.45, 7) is 10.9. The number of aryl methyl sites for hydroxylation is 2. The van der Waals surface area contributed by atoms with E-state index < -0.39 is 5.97 Å². The first-order chi connectivity index (χ1) is 11.1. The summed E-state index contributed by atoms with van der Waals surface area (Å²) in [5, 5.41) is 0. The number of ether oxygens (including phenoxy) is 1. The minimum absolute atomic E-state index is 0.0901. The second kappa shape index (κ2) is 5.64. The van der Waals surface area contributed by atoms with Crippen molar-refractivity contribution in [1.29, 1.82) is 0 Å². The minimum atomic E-state index is -0.494. The Bertz CT molecular complexity index is 675. The molecule has 24 heavy (non-hydrogen) atoms. The van der Waals surface area contributed by atoms with E-state index in [2.05, 4.69) is 20.8 Å². The largest absolute Gasteiger partial charge is 0.466 e. The predicted octanol–water partition coefficient (Wildman–Crippen LogP) is 3.48. The summed E-state index contributed by atoms with van der Waals surface area (Å²) in [6, 6.07) is 1.91. The van der Waals surface area contributed by atoms with Crippen LogP contribution >= 0.6 is 0 Å². The van der Waals surface area contributed by atoms with E-state index in [-0.39, 0.29) is 29.4 Å². The van der Waals surface area contributed by atoms with Gasteiger partial charge >= 0.3 is 5.97 Å². The van der Waals surface area contributed by atoms with Crippen molar-refractivity contribution in [2.24, 2.45) is 10.8 Å². The van der Waals surface area contributed by atoms with E-state index in [0.717, 1.165) is 25.8 Å². The fourth-order valence-electron chi connectivity index (χ4n) is 4.87. The average molecular weight is 333 g/mol. The molecule has 2 atom stereocenters. The molecule has 1 amide bonds. The van der Waals surface area contributed by atoms with Crippen LogP contribution < -0.4 is 0 Å². The summed E-state index contributed by atoms with van der Waals surface area (Å²) in [5.41, 5.74) is 0.840. The van der Waals surface area contributed by atoms with Gasteiger partial charge in [0.2, 0.25) is 0 Å². The molecule has 1 aromatic rings. The first kappa shape index (κ1) is 17.1. The van der Waals surface area contributed by atoms with E-state index in [0.29, 0.717) is 17.1 Å². The zero-order chi connectivity index (χ0) is 17.7. The molecular weight excluding hydrogens is 306 g/mol.